The third-order valence-corrected chi connectivity index (χ3v) is 2.64. The number of rotatable bonds is 6. The molecular weight excluding hydrogens is 234 g/mol. The van der Waals surface area contributed by atoms with E-state index in [1.165, 1.54) is 5.56 Å². The van der Waals surface area contributed by atoms with Gasteiger partial charge in [-0.1, -0.05) is 42.8 Å². The van der Waals surface area contributed by atoms with Gasteiger partial charge in [-0.05, 0) is 26.5 Å². The Labute approximate surface area is 109 Å². The predicted octanol–water partition coefficient (Wildman–Crippen LogP) is 3.80. The molecule has 0 aromatic heterocycles. The smallest absolute Gasteiger partial charge is 0.124 e. The third-order valence-electron chi connectivity index (χ3n) is 2.53. The Kier molecular flexibility index (Phi) is 5.52. The van der Waals surface area contributed by atoms with Crippen molar-refractivity contribution in [3.63, 3.8) is 0 Å². The minimum absolute atomic E-state index is 0.262. The molecule has 0 amide bonds. The molecule has 17 heavy (non-hydrogen) atoms. The molecule has 1 aromatic rings. The summed E-state index contributed by atoms with van der Waals surface area (Å²) < 4.78 is 5.65. The van der Waals surface area contributed by atoms with E-state index in [2.05, 4.69) is 38.7 Å². The Hall–Kier alpha value is -0.990. The molecule has 3 heteroatoms. The van der Waals surface area contributed by atoms with E-state index in [0.717, 1.165) is 17.9 Å². The summed E-state index contributed by atoms with van der Waals surface area (Å²) in [6.07, 6.45) is 0. The van der Waals surface area contributed by atoms with Gasteiger partial charge in [-0.3, -0.25) is 0 Å². The second-order valence-electron chi connectivity index (χ2n) is 4.13. The summed E-state index contributed by atoms with van der Waals surface area (Å²) in [7, 11) is 0. The van der Waals surface area contributed by atoms with Gasteiger partial charge in [0.1, 0.15) is 12.4 Å². The molecule has 0 aliphatic carbocycles. The summed E-state index contributed by atoms with van der Waals surface area (Å²) in [5.74, 6) is 0.867. The lowest BCUT2D eigenvalue weighted by atomic mass is 10.0. The number of nitrogens with one attached hydrogen (secondary N) is 1. The highest BCUT2D eigenvalue weighted by Crippen LogP contribution is 2.26. The van der Waals surface area contributed by atoms with E-state index in [4.69, 9.17) is 16.3 Å². The quantitative estimate of drug-likeness (QED) is 0.833. The van der Waals surface area contributed by atoms with Crippen LogP contribution in [0.5, 0.6) is 5.75 Å². The number of ether oxygens (including phenoxy) is 1. The van der Waals surface area contributed by atoms with Crippen molar-refractivity contribution in [1.29, 1.82) is 0 Å². The first-order valence-corrected chi connectivity index (χ1v) is 6.22. The van der Waals surface area contributed by atoms with E-state index >= 15 is 0 Å². The van der Waals surface area contributed by atoms with E-state index < -0.39 is 0 Å². The molecule has 0 spiro atoms. The van der Waals surface area contributed by atoms with E-state index in [9.17, 15) is 0 Å². The average Bonchev–Trinajstić information content (AvgIpc) is 2.27. The fourth-order valence-corrected chi connectivity index (χ4v) is 1.76. The van der Waals surface area contributed by atoms with Crippen LogP contribution in [0, 0.1) is 6.92 Å². The first kappa shape index (κ1) is 14.1. The Morgan fingerprint density at radius 3 is 2.82 bits per heavy atom. The molecule has 2 nitrogen and oxygen atoms in total. The lowest BCUT2D eigenvalue weighted by Crippen LogP contribution is -2.18. The molecule has 0 aliphatic rings. The summed E-state index contributed by atoms with van der Waals surface area (Å²) in [5, 5.41) is 3.89. The lowest BCUT2D eigenvalue weighted by Gasteiger charge is -2.18. The SMILES string of the molecule is C=C(Cl)COc1ccc(C)cc1C(C)NCC. The van der Waals surface area contributed by atoms with Crippen LogP contribution in [-0.2, 0) is 0 Å². The van der Waals surface area contributed by atoms with Crippen molar-refractivity contribution >= 4 is 11.6 Å². The molecule has 0 heterocycles. The van der Waals surface area contributed by atoms with Crippen molar-refractivity contribution in [3.8, 4) is 5.75 Å². The molecule has 1 unspecified atom stereocenters. The zero-order valence-corrected chi connectivity index (χ0v) is 11.5. The fourth-order valence-electron chi connectivity index (χ4n) is 1.71. The van der Waals surface area contributed by atoms with Gasteiger partial charge in [-0.2, -0.15) is 0 Å². The maximum Gasteiger partial charge on any atom is 0.124 e. The van der Waals surface area contributed by atoms with Crippen molar-refractivity contribution in [3.05, 3.63) is 40.9 Å². The molecule has 0 bridgehead atoms. The monoisotopic (exact) mass is 253 g/mol. The molecule has 0 aliphatic heterocycles. The Bertz CT molecular complexity index is 390. The summed E-state index contributed by atoms with van der Waals surface area (Å²) in [6, 6.07) is 6.42. The number of halogens is 1. The molecule has 1 atom stereocenters. The lowest BCUT2D eigenvalue weighted by molar-refractivity contribution is 0.351. The van der Waals surface area contributed by atoms with E-state index in [1.807, 2.05) is 12.1 Å². The maximum atomic E-state index is 5.72. The predicted molar refractivity (Wildman–Crippen MR) is 73.8 cm³/mol. The summed E-state index contributed by atoms with van der Waals surface area (Å²) >= 11 is 5.72. The van der Waals surface area contributed by atoms with Gasteiger partial charge in [-0.25, -0.2) is 0 Å². The third kappa shape index (κ3) is 4.41. The number of aryl methyl sites for hydroxylation is 1. The zero-order valence-electron chi connectivity index (χ0n) is 10.7. The Morgan fingerprint density at radius 2 is 2.24 bits per heavy atom. The highest BCUT2D eigenvalue weighted by Gasteiger charge is 2.11. The normalized spacial score (nSPS) is 12.2. The van der Waals surface area contributed by atoms with Crippen LogP contribution >= 0.6 is 11.6 Å². The van der Waals surface area contributed by atoms with Gasteiger partial charge in [0, 0.05) is 16.6 Å². The maximum absolute atomic E-state index is 5.72. The number of benzene rings is 1. The molecule has 94 valence electrons. The largest absolute Gasteiger partial charge is 0.488 e. The van der Waals surface area contributed by atoms with Gasteiger partial charge >= 0.3 is 0 Å². The van der Waals surface area contributed by atoms with Gasteiger partial charge in [0.25, 0.3) is 0 Å². The summed E-state index contributed by atoms with van der Waals surface area (Å²) in [6.45, 7) is 11.2. The zero-order chi connectivity index (χ0) is 12.8. The average molecular weight is 254 g/mol. The van der Waals surface area contributed by atoms with Crippen LogP contribution in [0.4, 0.5) is 0 Å². The van der Waals surface area contributed by atoms with Crippen LogP contribution in [0.1, 0.15) is 31.0 Å². The van der Waals surface area contributed by atoms with E-state index in [1.54, 1.807) is 0 Å². The fraction of sp³-hybridized carbons (Fsp3) is 0.429. The topological polar surface area (TPSA) is 21.3 Å². The van der Waals surface area contributed by atoms with Crippen LogP contribution in [0.25, 0.3) is 0 Å². The molecule has 0 saturated heterocycles. The minimum atomic E-state index is 0.262. The van der Waals surface area contributed by atoms with Crippen LogP contribution < -0.4 is 10.1 Å². The number of hydrogen-bond donors (Lipinski definition) is 1. The highest BCUT2D eigenvalue weighted by molar-refractivity contribution is 6.29. The van der Waals surface area contributed by atoms with Crippen LogP contribution in [0.15, 0.2) is 29.8 Å². The van der Waals surface area contributed by atoms with Crippen molar-refractivity contribution in [2.45, 2.75) is 26.8 Å². The number of hydrogen-bond acceptors (Lipinski definition) is 2. The Balaban J connectivity index is 2.90. The molecule has 0 fully saturated rings. The van der Waals surface area contributed by atoms with Crippen molar-refractivity contribution in [1.82, 2.24) is 5.32 Å². The second kappa shape index (κ2) is 6.67. The van der Waals surface area contributed by atoms with Crippen molar-refractivity contribution in [2.24, 2.45) is 0 Å². The minimum Gasteiger partial charge on any atom is -0.488 e. The van der Waals surface area contributed by atoms with Crippen LogP contribution in [0.2, 0.25) is 0 Å². The standard InChI is InChI=1S/C14H20ClNO/c1-5-16-12(4)13-8-10(2)6-7-14(13)17-9-11(3)15/h6-8,12,16H,3,5,9H2,1-2,4H3. The summed E-state index contributed by atoms with van der Waals surface area (Å²) in [4.78, 5) is 0. The van der Waals surface area contributed by atoms with Gasteiger partial charge in [0.15, 0.2) is 0 Å². The Morgan fingerprint density at radius 1 is 1.53 bits per heavy atom. The van der Waals surface area contributed by atoms with Gasteiger partial charge in [0.2, 0.25) is 0 Å². The molecule has 0 radical (unpaired) electrons. The second-order valence-corrected chi connectivity index (χ2v) is 4.66. The van der Waals surface area contributed by atoms with Gasteiger partial charge < -0.3 is 10.1 Å². The first-order valence-electron chi connectivity index (χ1n) is 5.84. The molecule has 1 aromatic carbocycles. The van der Waals surface area contributed by atoms with Crippen molar-refractivity contribution in [2.75, 3.05) is 13.2 Å². The van der Waals surface area contributed by atoms with Gasteiger partial charge in [0.05, 0.1) is 0 Å². The first-order chi connectivity index (χ1) is 8.04. The molecule has 1 rings (SSSR count). The highest BCUT2D eigenvalue weighted by atomic mass is 35.5. The molecule has 1 N–H and O–H groups in total. The van der Waals surface area contributed by atoms with Crippen LogP contribution in [0.3, 0.4) is 0 Å². The molecule has 0 saturated carbocycles. The van der Waals surface area contributed by atoms with E-state index in [-0.39, 0.29) is 6.04 Å². The van der Waals surface area contributed by atoms with Crippen LogP contribution in [-0.4, -0.2) is 13.2 Å². The van der Waals surface area contributed by atoms with Crippen molar-refractivity contribution < 1.29 is 4.74 Å². The van der Waals surface area contributed by atoms with Gasteiger partial charge in [-0.15, -0.1) is 0 Å². The van der Waals surface area contributed by atoms with E-state index in [0.29, 0.717) is 11.6 Å². The molecular formula is C14H20ClNO. The summed E-state index contributed by atoms with van der Waals surface area (Å²) in [5.41, 5.74) is 2.38.